The Labute approximate surface area is 113 Å². The van der Waals surface area contributed by atoms with Gasteiger partial charge < -0.3 is 0 Å². The number of rotatable bonds is 1. The summed E-state index contributed by atoms with van der Waals surface area (Å²) in [5.74, 6) is 0.479. The first-order chi connectivity index (χ1) is 7.96. The molecular formula is C17H29N. The second kappa shape index (κ2) is 4.68. The van der Waals surface area contributed by atoms with Crippen molar-refractivity contribution >= 4 is 0 Å². The number of hydrogen-bond acceptors (Lipinski definition) is 1. The molecule has 0 atom stereocenters. The number of hydrogen-bond donors (Lipinski definition) is 0. The summed E-state index contributed by atoms with van der Waals surface area (Å²) in [6.07, 6.45) is 2.08. The summed E-state index contributed by atoms with van der Waals surface area (Å²) in [7, 11) is 0. The third kappa shape index (κ3) is 2.93. The predicted molar refractivity (Wildman–Crippen MR) is 80.5 cm³/mol. The van der Waals surface area contributed by atoms with E-state index in [-0.39, 0.29) is 10.8 Å². The van der Waals surface area contributed by atoms with Gasteiger partial charge in [0.1, 0.15) is 0 Å². The van der Waals surface area contributed by atoms with Crippen LogP contribution in [0.3, 0.4) is 0 Å². The van der Waals surface area contributed by atoms with Gasteiger partial charge in [0.2, 0.25) is 0 Å². The van der Waals surface area contributed by atoms with Crippen LogP contribution in [-0.2, 0) is 10.8 Å². The number of aromatic nitrogens is 1. The Morgan fingerprint density at radius 1 is 0.944 bits per heavy atom. The van der Waals surface area contributed by atoms with Crippen LogP contribution in [-0.4, -0.2) is 4.98 Å². The van der Waals surface area contributed by atoms with E-state index in [1.165, 1.54) is 22.4 Å². The Kier molecular flexibility index (Phi) is 3.95. The minimum Gasteiger partial charge on any atom is -0.260 e. The number of pyridine rings is 1. The first kappa shape index (κ1) is 15.2. The van der Waals surface area contributed by atoms with Crippen LogP contribution >= 0.6 is 0 Å². The normalized spacial score (nSPS) is 13.2. The van der Waals surface area contributed by atoms with Crippen LogP contribution < -0.4 is 0 Å². The fraction of sp³-hybridized carbons (Fsp3) is 0.706. The molecule has 102 valence electrons. The molecule has 0 N–H and O–H groups in total. The minimum absolute atomic E-state index is 0.151. The first-order valence-electron chi connectivity index (χ1n) is 6.96. The van der Waals surface area contributed by atoms with E-state index in [0.717, 1.165) is 0 Å². The van der Waals surface area contributed by atoms with Crippen LogP contribution in [0.1, 0.15) is 83.7 Å². The molecule has 0 bridgehead atoms. The van der Waals surface area contributed by atoms with Crippen molar-refractivity contribution in [2.45, 2.75) is 79.1 Å². The molecule has 1 nitrogen and oxygen atoms in total. The largest absolute Gasteiger partial charge is 0.260 e. The maximum atomic E-state index is 4.77. The average Bonchev–Trinajstić information content (AvgIpc) is 2.12. The first-order valence-corrected chi connectivity index (χ1v) is 6.96. The van der Waals surface area contributed by atoms with E-state index in [9.17, 15) is 0 Å². The number of nitrogens with zero attached hydrogens (tertiary/aromatic N) is 1. The molecule has 0 unspecified atom stereocenters. The molecule has 1 heterocycles. The smallest absolute Gasteiger partial charge is 0.0469 e. The zero-order valence-electron chi connectivity index (χ0n) is 13.6. The van der Waals surface area contributed by atoms with E-state index < -0.39 is 0 Å². The van der Waals surface area contributed by atoms with Gasteiger partial charge in [-0.3, -0.25) is 4.98 Å². The van der Waals surface area contributed by atoms with Crippen molar-refractivity contribution in [3.63, 3.8) is 0 Å². The predicted octanol–water partition coefficient (Wildman–Crippen LogP) is 5.11. The summed E-state index contributed by atoms with van der Waals surface area (Å²) >= 11 is 0. The van der Waals surface area contributed by atoms with Gasteiger partial charge in [-0.05, 0) is 40.4 Å². The lowest BCUT2D eigenvalue weighted by atomic mass is 9.75. The van der Waals surface area contributed by atoms with E-state index in [0.29, 0.717) is 5.92 Å². The van der Waals surface area contributed by atoms with Gasteiger partial charge in [0.15, 0.2) is 0 Å². The quantitative estimate of drug-likeness (QED) is 0.672. The van der Waals surface area contributed by atoms with Crippen LogP contribution in [0.4, 0.5) is 0 Å². The molecule has 0 saturated carbocycles. The van der Waals surface area contributed by atoms with Crippen molar-refractivity contribution in [3.05, 3.63) is 28.6 Å². The van der Waals surface area contributed by atoms with Crippen LogP contribution in [0.2, 0.25) is 0 Å². The van der Waals surface area contributed by atoms with Gasteiger partial charge in [-0.15, -0.1) is 0 Å². The van der Waals surface area contributed by atoms with Gasteiger partial charge >= 0.3 is 0 Å². The average molecular weight is 247 g/mol. The summed E-state index contributed by atoms with van der Waals surface area (Å²) in [4.78, 5) is 4.77. The van der Waals surface area contributed by atoms with Gasteiger partial charge in [0.05, 0.1) is 0 Å². The van der Waals surface area contributed by atoms with Crippen LogP contribution in [0.15, 0.2) is 6.20 Å². The molecule has 0 aromatic carbocycles. The molecule has 0 spiro atoms. The van der Waals surface area contributed by atoms with Crippen molar-refractivity contribution < 1.29 is 0 Å². The maximum absolute atomic E-state index is 4.77. The van der Waals surface area contributed by atoms with Crippen LogP contribution in [0, 0.1) is 6.92 Å². The molecule has 18 heavy (non-hydrogen) atoms. The molecule has 1 aromatic rings. The highest BCUT2D eigenvalue weighted by Crippen LogP contribution is 2.36. The van der Waals surface area contributed by atoms with E-state index in [1.54, 1.807) is 0 Å². The van der Waals surface area contributed by atoms with Gasteiger partial charge in [-0.25, -0.2) is 0 Å². The third-order valence-corrected chi connectivity index (χ3v) is 3.47. The summed E-state index contributed by atoms with van der Waals surface area (Å²) in [6, 6.07) is 0. The van der Waals surface area contributed by atoms with Gasteiger partial charge in [-0.1, -0.05) is 55.4 Å². The van der Waals surface area contributed by atoms with Gasteiger partial charge in [-0.2, -0.15) is 0 Å². The molecule has 1 aromatic heterocycles. The summed E-state index contributed by atoms with van der Waals surface area (Å²) in [6.45, 7) is 20.4. The SMILES string of the molecule is Cc1c(C(C)(C)C)cnc(C(C)C)c1C(C)(C)C. The lowest BCUT2D eigenvalue weighted by Crippen LogP contribution is -2.23. The zero-order chi connectivity index (χ0) is 14.3. The molecule has 0 radical (unpaired) electrons. The molecule has 0 aliphatic heterocycles. The topological polar surface area (TPSA) is 12.9 Å². The van der Waals surface area contributed by atoms with Crippen LogP contribution in [0.5, 0.6) is 0 Å². The summed E-state index contributed by atoms with van der Waals surface area (Å²) in [5.41, 5.74) is 5.80. The van der Waals surface area contributed by atoms with Crippen molar-refractivity contribution in [1.29, 1.82) is 0 Å². The zero-order valence-corrected chi connectivity index (χ0v) is 13.6. The summed E-state index contributed by atoms with van der Waals surface area (Å²) in [5, 5.41) is 0. The van der Waals surface area contributed by atoms with E-state index >= 15 is 0 Å². The van der Waals surface area contributed by atoms with Gasteiger partial charge in [0, 0.05) is 11.9 Å². The fourth-order valence-corrected chi connectivity index (χ4v) is 2.76. The highest BCUT2D eigenvalue weighted by Gasteiger charge is 2.27. The van der Waals surface area contributed by atoms with E-state index in [4.69, 9.17) is 4.98 Å². The Balaban J connectivity index is 3.61. The van der Waals surface area contributed by atoms with E-state index in [2.05, 4.69) is 68.5 Å². The maximum Gasteiger partial charge on any atom is 0.0469 e. The Hall–Kier alpha value is -0.850. The lowest BCUT2D eigenvalue weighted by Gasteiger charge is -2.31. The molecule has 0 saturated heterocycles. The fourth-order valence-electron chi connectivity index (χ4n) is 2.76. The van der Waals surface area contributed by atoms with Gasteiger partial charge in [0.25, 0.3) is 0 Å². The highest BCUT2D eigenvalue weighted by atomic mass is 14.7. The monoisotopic (exact) mass is 247 g/mol. The van der Waals surface area contributed by atoms with Crippen molar-refractivity contribution in [1.82, 2.24) is 4.98 Å². The molecular weight excluding hydrogens is 218 g/mol. The second-order valence-electron chi connectivity index (χ2n) is 7.71. The summed E-state index contributed by atoms with van der Waals surface area (Å²) < 4.78 is 0. The van der Waals surface area contributed by atoms with Crippen molar-refractivity contribution in [3.8, 4) is 0 Å². The molecule has 0 amide bonds. The Morgan fingerprint density at radius 2 is 1.44 bits per heavy atom. The molecule has 0 aliphatic rings. The molecule has 1 heteroatoms. The van der Waals surface area contributed by atoms with Crippen molar-refractivity contribution in [2.75, 3.05) is 0 Å². The minimum atomic E-state index is 0.151. The molecule has 1 rings (SSSR count). The lowest BCUT2D eigenvalue weighted by molar-refractivity contribution is 0.543. The Bertz CT molecular complexity index is 428. The highest BCUT2D eigenvalue weighted by molar-refractivity contribution is 5.43. The molecule has 0 fully saturated rings. The standard InChI is InChI=1S/C17H29N/c1-11(2)15-14(17(7,8)9)12(3)13(10-18-15)16(4,5)6/h10-11H,1-9H3. The van der Waals surface area contributed by atoms with E-state index in [1.807, 2.05) is 0 Å². The second-order valence-corrected chi connectivity index (χ2v) is 7.71. The van der Waals surface area contributed by atoms with Crippen LogP contribution in [0.25, 0.3) is 0 Å². The third-order valence-electron chi connectivity index (χ3n) is 3.47. The Morgan fingerprint density at radius 3 is 1.78 bits per heavy atom. The molecule has 0 aliphatic carbocycles. The van der Waals surface area contributed by atoms with Crippen molar-refractivity contribution in [2.24, 2.45) is 0 Å².